The minimum absolute atomic E-state index is 0.434. The number of fused-ring (bicyclic) bond motifs is 1. The Morgan fingerprint density at radius 1 is 0.892 bits per heavy atom. The SMILES string of the molecule is c1ccc2c(NC3CCNCC3)nc(NCc3cn(CCCCCCCC4CCCCC4)nn3)nc2c1. The van der Waals surface area contributed by atoms with Gasteiger partial charge in [0, 0.05) is 18.0 Å². The van der Waals surface area contributed by atoms with E-state index < -0.39 is 0 Å². The highest BCUT2D eigenvalue weighted by Crippen LogP contribution is 2.28. The summed E-state index contributed by atoms with van der Waals surface area (Å²) in [5, 5.41) is 20.2. The number of aromatic nitrogens is 5. The zero-order chi connectivity index (χ0) is 25.1. The normalized spacial score (nSPS) is 17.3. The van der Waals surface area contributed by atoms with Crippen LogP contribution in [0.25, 0.3) is 10.9 Å². The molecular formula is C29H44N8. The van der Waals surface area contributed by atoms with E-state index in [9.17, 15) is 0 Å². The van der Waals surface area contributed by atoms with Gasteiger partial charge in [-0.1, -0.05) is 81.6 Å². The molecule has 3 aromatic rings. The van der Waals surface area contributed by atoms with E-state index in [0.717, 1.165) is 60.8 Å². The largest absolute Gasteiger partial charge is 0.367 e. The first-order valence-electron chi connectivity index (χ1n) is 14.7. The predicted octanol–water partition coefficient (Wildman–Crippen LogP) is 5.92. The van der Waals surface area contributed by atoms with Crippen molar-refractivity contribution in [3.05, 3.63) is 36.2 Å². The molecule has 8 heteroatoms. The van der Waals surface area contributed by atoms with Gasteiger partial charge in [0.05, 0.1) is 18.3 Å². The highest BCUT2D eigenvalue weighted by Gasteiger charge is 2.16. The van der Waals surface area contributed by atoms with E-state index in [0.29, 0.717) is 18.5 Å². The molecular weight excluding hydrogens is 460 g/mol. The zero-order valence-electron chi connectivity index (χ0n) is 22.3. The molecule has 0 unspecified atom stereocenters. The monoisotopic (exact) mass is 504 g/mol. The molecule has 2 aromatic heterocycles. The van der Waals surface area contributed by atoms with E-state index in [2.05, 4.69) is 32.3 Å². The van der Waals surface area contributed by atoms with Crippen molar-refractivity contribution in [3.8, 4) is 0 Å². The zero-order valence-corrected chi connectivity index (χ0v) is 22.3. The van der Waals surface area contributed by atoms with E-state index in [1.807, 2.05) is 29.1 Å². The lowest BCUT2D eigenvalue weighted by atomic mass is 9.85. The first kappa shape index (κ1) is 25.9. The third-order valence-electron chi connectivity index (χ3n) is 8.02. The fourth-order valence-corrected chi connectivity index (χ4v) is 5.84. The van der Waals surface area contributed by atoms with Gasteiger partial charge in [-0.05, 0) is 50.4 Å². The number of anilines is 2. The molecule has 1 aliphatic heterocycles. The molecule has 200 valence electrons. The number of hydrogen-bond donors (Lipinski definition) is 3. The maximum absolute atomic E-state index is 4.82. The van der Waals surface area contributed by atoms with Crippen LogP contribution in [0.1, 0.15) is 89.2 Å². The summed E-state index contributed by atoms with van der Waals surface area (Å²) in [6, 6.07) is 8.63. The Morgan fingerprint density at radius 3 is 2.59 bits per heavy atom. The third kappa shape index (κ3) is 7.87. The second-order valence-corrected chi connectivity index (χ2v) is 11.0. The van der Waals surface area contributed by atoms with Crippen molar-refractivity contribution in [3.63, 3.8) is 0 Å². The average Bonchev–Trinajstić information content (AvgIpc) is 3.40. The van der Waals surface area contributed by atoms with Crippen molar-refractivity contribution in [2.45, 2.75) is 103 Å². The Kier molecular flexibility index (Phi) is 9.59. The van der Waals surface area contributed by atoms with Gasteiger partial charge in [-0.2, -0.15) is 4.98 Å². The summed E-state index contributed by atoms with van der Waals surface area (Å²) in [5.74, 6) is 2.55. The first-order valence-corrected chi connectivity index (χ1v) is 14.7. The third-order valence-corrected chi connectivity index (χ3v) is 8.02. The minimum atomic E-state index is 0.434. The molecule has 0 radical (unpaired) electrons. The lowest BCUT2D eigenvalue weighted by molar-refractivity contribution is 0.327. The highest BCUT2D eigenvalue weighted by atomic mass is 15.4. The van der Waals surface area contributed by atoms with Gasteiger partial charge in [0.1, 0.15) is 11.5 Å². The van der Waals surface area contributed by atoms with E-state index in [1.165, 1.54) is 70.6 Å². The fraction of sp³-hybridized carbons (Fsp3) is 0.655. The van der Waals surface area contributed by atoms with Crippen LogP contribution in [0.4, 0.5) is 11.8 Å². The van der Waals surface area contributed by atoms with Gasteiger partial charge < -0.3 is 16.0 Å². The molecule has 1 aromatic carbocycles. The minimum Gasteiger partial charge on any atom is -0.367 e. The number of piperidine rings is 1. The van der Waals surface area contributed by atoms with Crippen molar-refractivity contribution in [1.29, 1.82) is 0 Å². The second kappa shape index (κ2) is 13.7. The maximum Gasteiger partial charge on any atom is 0.225 e. The van der Waals surface area contributed by atoms with Gasteiger partial charge in [0.25, 0.3) is 0 Å². The number of unbranched alkanes of at least 4 members (excludes halogenated alkanes) is 4. The molecule has 0 atom stereocenters. The molecule has 0 spiro atoms. The standard InChI is InChI=1S/C29H44N8/c1(2-5-11-23-12-6-4-7-13-23)3-10-20-37-22-25(35-36-37)21-31-29-33-27-15-9-8-14-26(27)28(34-29)32-24-16-18-30-19-17-24/h8-9,14-15,22-24,30H,1-7,10-13,16-21H2,(H2,31,32,33,34). The lowest BCUT2D eigenvalue weighted by Gasteiger charge is -2.25. The Hall–Kier alpha value is -2.74. The molecule has 37 heavy (non-hydrogen) atoms. The van der Waals surface area contributed by atoms with Gasteiger partial charge in [-0.25, -0.2) is 4.98 Å². The summed E-state index contributed by atoms with van der Waals surface area (Å²) in [7, 11) is 0. The Balaban J connectivity index is 1.05. The summed E-state index contributed by atoms with van der Waals surface area (Å²) >= 11 is 0. The van der Waals surface area contributed by atoms with Crippen LogP contribution in [-0.2, 0) is 13.1 Å². The summed E-state index contributed by atoms with van der Waals surface area (Å²) in [6.07, 6.45) is 19.6. The van der Waals surface area contributed by atoms with Gasteiger partial charge in [-0.15, -0.1) is 5.10 Å². The Bertz CT molecular complexity index is 1080. The second-order valence-electron chi connectivity index (χ2n) is 11.0. The molecule has 3 N–H and O–H groups in total. The number of nitrogens with zero attached hydrogens (tertiary/aromatic N) is 5. The van der Waals surface area contributed by atoms with Crippen LogP contribution in [0.3, 0.4) is 0 Å². The number of hydrogen-bond acceptors (Lipinski definition) is 7. The summed E-state index contributed by atoms with van der Waals surface area (Å²) in [5.41, 5.74) is 1.86. The van der Waals surface area contributed by atoms with E-state index >= 15 is 0 Å². The molecule has 0 bridgehead atoms. The van der Waals surface area contributed by atoms with Crippen molar-refractivity contribution < 1.29 is 0 Å². The van der Waals surface area contributed by atoms with Crippen LogP contribution in [0, 0.1) is 5.92 Å². The van der Waals surface area contributed by atoms with Crippen LogP contribution < -0.4 is 16.0 Å². The average molecular weight is 505 g/mol. The number of aryl methyl sites for hydroxylation is 1. The van der Waals surface area contributed by atoms with Gasteiger partial charge >= 0.3 is 0 Å². The van der Waals surface area contributed by atoms with Crippen LogP contribution >= 0.6 is 0 Å². The predicted molar refractivity (Wildman–Crippen MR) is 151 cm³/mol. The number of nitrogens with one attached hydrogen (secondary N) is 3. The molecule has 2 aliphatic rings. The molecule has 5 rings (SSSR count). The summed E-state index contributed by atoms with van der Waals surface area (Å²) in [6.45, 7) is 3.59. The van der Waals surface area contributed by atoms with Crippen molar-refractivity contribution in [1.82, 2.24) is 30.3 Å². The van der Waals surface area contributed by atoms with E-state index in [-0.39, 0.29) is 0 Å². The Labute approximate surface area is 221 Å². The van der Waals surface area contributed by atoms with Crippen LogP contribution in [0.5, 0.6) is 0 Å². The van der Waals surface area contributed by atoms with Crippen LogP contribution in [0.2, 0.25) is 0 Å². The van der Waals surface area contributed by atoms with Crippen LogP contribution in [0.15, 0.2) is 30.5 Å². The molecule has 0 amide bonds. The smallest absolute Gasteiger partial charge is 0.225 e. The molecule has 1 aliphatic carbocycles. The molecule has 1 saturated carbocycles. The van der Waals surface area contributed by atoms with Crippen molar-refractivity contribution >= 4 is 22.7 Å². The maximum atomic E-state index is 4.82. The summed E-state index contributed by atoms with van der Waals surface area (Å²) < 4.78 is 1.98. The van der Waals surface area contributed by atoms with Crippen LogP contribution in [-0.4, -0.2) is 44.1 Å². The van der Waals surface area contributed by atoms with Gasteiger partial charge in [0.15, 0.2) is 0 Å². The fourth-order valence-electron chi connectivity index (χ4n) is 5.84. The topological polar surface area (TPSA) is 92.6 Å². The molecule has 3 heterocycles. The quantitative estimate of drug-likeness (QED) is 0.249. The highest BCUT2D eigenvalue weighted by molar-refractivity contribution is 5.90. The molecule has 2 fully saturated rings. The number of benzene rings is 1. The van der Waals surface area contributed by atoms with Crippen molar-refractivity contribution in [2.24, 2.45) is 5.92 Å². The first-order chi connectivity index (χ1) is 18.3. The van der Waals surface area contributed by atoms with Crippen molar-refractivity contribution in [2.75, 3.05) is 23.7 Å². The number of rotatable bonds is 13. The Morgan fingerprint density at radius 2 is 1.70 bits per heavy atom. The number of para-hydroxylation sites is 1. The van der Waals surface area contributed by atoms with E-state index in [4.69, 9.17) is 9.97 Å². The molecule has 8 nitrogen and oxygen atoms in total. The summed E-state index contributed by atoms with van der Waals surface area (Å²) in [4.78, 5) is 9.56. The molecule has 1 saturated heterocycles. The van der Waals surface area contributed by atoms with E-state index in [1.54, 1.807) is 0 Å². The lowest BCUT2D eigenvalue weighted by Crippen LogP contribution is -2.35. The van der Waals surface area contributed by atoms with Gasteiger partial charge in [0.2, 0.25) is 5.95 Å². The van der Waals surface area contributed by atoms with Gasteiger partial charge in [-0.3, -0.25) is 4.68 Å².